The smallest absolute Gasteiger partial charge is 0.0400 e. The number of hydrogen-bond acceptors (Lipinski definition) is 1. The highest BCUT2D eigenvalue weighted by Gasteiger charge is 2.14. The predicted molar refractivity (Wildman–Crippen MR) is 99.6 cm³/mol. The first-order chi connectivity index (χ1) is 11.2. The minimum absolute atomic E-state index is 0.351. The lowest BCUT2D eigenvalue weighted by Gasteiger charge is -2.19. The maximum absolute atomic E-state index is 3.93. The van der Waals surface area contributed by atoms with Gasteiger partial charge in [-0.25, -0.2) is 0 Å². The highest BCUT2D eigenvalue weighted by Crippen LogP contribution is 2.32. The van der Waals surface area contributed by atoms with Crippen molar-refractivity contribution in [2.75, 3.05) is 0 Å². The molecule has 0 saturated carbocycles. The Hall–Kier alpha value is -2.54. The predicted octanol–water partition coefficient (Wildman–Crippen LogP) is 5.61. The van der Waals surface area contributed by atoms with Gasteiger partial charge in [0.25, 0.3) is 0 Å². The molecule has 1 nitrogen and oxygen atoms in total. The molecule has 0 saturated heterocycles. The summed E-state index contributed by atoms with van der Waals surface area (Å²) in [7, 11) is 0. The maximum atomic E-state index is 3.93. The third-order valence-electron chi connectivity index (χ3n) is 4.39. The molecule has 1 N–H and O–H groups in total. The van der Waals surface area contributed by atoms with Crippen LogP contribution in [0.1, 0.15) is 36.5 Å². The van der Waals surface area contributed by atoms with E-state index in [1.165, 1.54) is 27.5 Å². The number of benzene rings is 3. The topological polar surface area (TPSA) is 12.0 Å². The Bertz CT molecular complexity index is 827. The van der Waals surface area contributed by atoms with Crippen molar-refractivity contribution >= 4 is 10.8 Å². The summed E-state index contributed by atoms with van der Waals surface area (Å²) in [6, 6.07) is 23.9. The fourth-order valence-corrected chi connectivity index (χ4v) is 3.16. The van der Waals surface area contributed by atoms with Crippen LogP contribution in [0, 0.1) is 0 Å². The van der Waals surface area contributed by atoms with Gasteiger partial charge >= 0.3 is 0 Å². The van der Waals surface area contributed by atoms with Crippen molar-refractivity contribution in [1.82, 2.24) is 5.32 Å². The van der Waals surface area contributed by atoms with Crippen LogP contribution in [-0.2, 0) is 6.54 Å². The average molecular weight is 301 g/mol. The zero-order valence-electron chi connectivity index (χ0n) is 13.8. The number of hydrogen-bond donors (Lipinski definition) is 1. The van der Waals surface area contributed by atoms with Crippen LogP contribution in [-0.4, -0.2) is 0 Å². The van der Waals surface area contributed by atoms with E-state index >= 15 is 0 Å². The summed E-state index contributed by atoms with van der Waals surface area (Å²) >= 11 is 0. The van der Waals surface area contributed by atoms with Crippen LogP contribution >= 0.6 is 0 Å². The summed E-state index contributed by atoms with van der Waals surface area (Å²) in [5, 5.41) is 5.99. The van der Waals surface area contributed by atoms with E-state index in [0.717, 1.165) is 12.2 Å². The Labute approximate surface area is 138 Å². The van der Waals surface area contributed by atoms with Crippen LogP contribution in [0.5, 0.6) is 0 Å². The van der Waals surface area contributed by atoms with Gasteiger partial charge in [0.05, 0.1) is 0 Å². The van der Waals surface area contributed by atoms with Crippen LogP contribution in [0.25, 0.3) is 10.8 Å². The summed E-state index contributed by atoms with van der Waals surface area (Å²) in [5.74, 6) is 0.351. The molecule has 0 aliphatic rings. The Morgan fingerprint density at radius 1 is 0.913 bits per heavy atom. The highest BCUT2D eigenvalue weighted by molar-refractivity contribution is 5.86. The van der Waals surface area contributed by atoms with E-state index in [1.54, 1.807) is 0 Å². The Kier molecular flexibility index (Phi) is 4.47. The second-order valence-corrected chi connectivity index (χ2v) is 6.12. The molecule has 0 fully saturated rings. The van der Waals surface area contributed by atoms with E-state index in [4.69, 9.17) is 0 Å². The summed E-state index contributed by atoms with van der Waals surface area (Å²) < 4.78 is 0. The molecule has 23 heavy (non-hydrogen) atoms. The Morgan fingerprint density at radius 3 is 2.39 bits per heavy atom. The van der Waals surface area contributed by atoms with Crippen molar-refractivity contribution in [2.24, 2.45) is 0 Å². The van der Waals surface area contributed by atoms with Crippen molar-refractivity contribution in [3.63, 3.8) is 0 Å². The largest absolute Gasteiger partial charge is 0.385 e. The van der Waals surface area contributed by atoms with Crippen LogP contribution in [0.4, 0.5) is 0 Å². The maximum Gasteiger partial charge on any atom is 0.0400 e. The van der Waals surface area contributed by atoms with Gasteiger partial charge in [0.15, 0.2) is 0 Å². The summed E-state index contributed by atoms with van der Waals surface area (Å²) in [6.45, 7) is 9.04. The molecule has 0 radical (unpaired) electrons. The van der Waals surface area contributed by atoms with E-state index in [2.05, 4.69) is 85.5 Å². The second kappa shape index (κ2) is 6.70. The van der Waals surface area contributed by atoms with E-state index in [1.807, 2.05) is 6.92 Å². The lowest BCUT2D eigenvalue weighted by Crippen LogP contribution is -2.12. The zero-order valence-corrected chi connectivity index (χ0v) is 13.8. The molecule has 0 amide bonds. The summed E-state index contributed by atoms with van der Waals surface area (Å²) in [5.41, 5.74) is 5.08. The first-order valence-electron chi connectivity index (χ1n) is 8.11. The van der Waals surface area contributed by atoms with Gasteiger partial charge in [-0.2, -0.15) is 0 Å². The molecule has 3 rings (SSSR count). The zero-order chi connectivity index (χ0) is 16.2. The highest BCUT2D eigenvalue weighted by atomic mass is 14.9. The van der Waals surface area contributed by atoms with Gasteiger partial charge < -0.3 is 5.32 Å². The molecular formula is C22H23N. The summed E-state index contributed by atoms with van der Waals surface area (Å²) in [6.07, 6.45) is 0. The fourth-order valence-electron chi connectivity index (χ4n) is 3.16. The Morgan fingerprint density at radius 2 is 1.57 bits per heavy atom. The Balaban J connectivity index is 2.02. The van der Waals surface area contributed by atoms with Gasteiger partial charge in [0, 0.05) is 18.2 Å². The third-order valence-corrected chi connectivity index (χ3v) is 4.39. The molecule has 1 heteroatoms. The van der Waals surface area contributed by atoms with Gasteiger partial charge in [-0.05, 0) is 34.4 Å². The number of allylic oxidation sites excluding steroid dienone is 1. The lowest BCUT2D eigenvalue weighted by atomic mass is 9.87. The van der Waals surface area contributed by atoms with Crippen molar-refractivity contribution < 1.29 is 0 Å². The van der Waals surface area contributed by atoms with Gasteiger partial charge in [0.1, 0.15) is 0 Å². The fraction of sp³-hybridized carbons (Fsp3) is 0.182. The minimum atomic E-state index is 0.351. The van der Waals surface area contributed by atoms with Crippen LogP contribution < -0.4 is 5.32 Å². The van der Waals surface area contributed by atoms with Crippen LogP contribution in [0.3, 0.4) is 0 Å². The van der Waals surface area contributed by atoms with Crippen molar-refractivity contribution in [2.45, 2.75) is 26.3 Å². The molecule has 3 aromatic rings. The first-order valence-corrected chi connectivity index (χ1v) is 8.11. The molecule has 116 valence electrons. The van der Waals surface area contributed by atoms with Gasteiger partial charge in [-0.1, -0.05) is 80.2 Å². The molecule has 0 aromatic heterocycles. The first kappa shape index (κ1) is 15.4. The lowest BCUT2D eigenvalue weighted by molar-refractivity contribution is 0.790. The van der Waals surface area contributed by atoms with Crippen molar-refractivity contribution in [3.8, 4) is 0 Å². The average Bonchev–Trinajstić information content (AvgIpc) is 2.59. The van der Waals surface area contributed by atoms with Gasteiger partial charge in [-0.3, -0.25) is 0 Å². The van der Waals surface area contributed by atoms with Gasteiger partial charge in [0.2, 0.25) is 0 Å². The van der Waals surface area contributed by atoms with E-state index in [-0.39, 0.29) is 0 Å². The standard InChI is InChI=1S/C22H23N/c1-16(2)23-15-19-10-5-6-12-20(19)17(3)21-14-8-11-18-9-4-7-13-22(18)21/h4-14,17,23H,1,15H2,2-3H3. The number of nitrogens with one attached hydrogen (secondary N) is 1. The minimum Gasteiger partial charge on any atom is -0.385 e. The van der Waals surface area contributed by atoms with E-state index in [9.17, 15) is 0 Å². The van der Waals surface area contributed by atoms with Crippen molar-refractivity contribution in [1.29, 1.82) is 0 Å². The SMILES string of the molecule is C=C(C)NCc1ccccc1C(C)c1cccc2ccccc12. The molecular weight excluding hydrogens is 278 g/mol. The van der Waals surface area contributed by atoms with E-state index in [0.29, 0.717) is 5.92 Å². The summed E-state index contributed by atoms with van der Waals surface area (Å²) in [4.78, 5) is 0. The van der Waals surface area contributed by atoms with E-state index < -0.39 is 0 Å². The number of rotatable bonds is 5. The molecule has 1 unspecified atom stereocenters. The van der Waals surface area contributed by atoms with Crippen molar-refractivity contribution in [3.05, 3.63) is 95.7 Å². The monoisotopic (exact) mass is 301 g/mol. The molecule has 0 aliphatic carbocycles. The normalized spacial score (nSPS) is 12.1. The molecule has 1 atom stereocenters. The molecule has 0 spiro atoms. The molecule has 0 heterocycles. The molecule has 3 aromatic carbocycles. The second-order valence-electron chi connectivity index (χ2n) is 6.12. The number of fused-ring (bicyclic) bond motifs is 1. The van der Waals surface area contributed by atoms with Gasteiger partial charge in [-0.15, -0.1) is 0 Å². The van der Waals surface area contributed by atoms with Crippen LogP contribution in [0.2, 0.25) is 0 Å². The third kappa shape index (κ3) is 3.29. The quantitative estimate of drug-likeness (QED) is 0.645. The molecule has 0 aliphatic heterocycles. The molecule has 0 bridgehead atoms. The van der Waals surface area contributed by atoms with Crippen LogP contribution in [0.15, 0.2) is 79.0 Å².